The fourth-order valence-corrected chi connectivity index (χ4v) is 3.32. The molecule has 0 aliphatic carbocycles. The zero-order chi connectivity index (χ0) is 19.6. The highest BCUT2D eigenvalue weighted by Crippen LogP contribution is 2.23. The standard InChI is InChI=1S/C20H20IN3O3/c1-12(2)22-18(25)11-24-19(13-5-4-6-15(9-13)27-3)23-17-8-7-14(21)10-16(17)20(24)26/h4-10,12H,11H2,1-3H3,(H,22,25). The van der Waals surface area contributed by atoms with E-state index in [0.29, 0.717) is 28.0 Å². The third kappa shape index (κ3) is 4.29. The predicted molar refractivity (Wildman–Crippen MR) is 114 cm³/mol. The van der Waals surface area contributed by atoms with Crippen molar-refractivity contribution in [3.05, 3.63) is 56.4 Å². The molecule has 0 spiro atoms. The van der Waals surface area contributed by atoms with E-state index in [0.717, 1.165) is 3.57 Å². The Kier molecular flexibility index (Phi) is 5.79. The van der Waals surface area contributed by atoms with Crippen molar-refractivity contribution in [3.8, 4) is 17.1 Å². The summed E-state index contributed by atoms with van der Waals surface area (Å²) in [6, 6.07) is 12.8. The lowest BCUT2D eigenvalue weighted by molar-refractivity contribution is -0.122. The topological polar surface area (TPSA) is 73.2 Å². The summed E-state index contributed by atoms with van der Waals surface area (Å²) < 4.78 is 7.65. The van der Waals surface area contributed by atoms with E-state index in [9.17, 15) is 9.59 Å². The van der Waals surface area contributed by atoms with Crippen molar-refractivity contribution >= 4 is 39.4 Å². The number of hydrogen-bond donors (Lipinski definition) is 1. The van der Waals surface area contributed by atoms with Crippen LogP contribution < -0.4 is 15.6 Å². The van der Waals surface area contributed by atoms with Gasteiger partial charge in [0.2, 0.25) is 5.91 Å². The van der Waals surface area contributed by atoms with Crippen LogP contribution in [0.2, 0.25) is 0 Å². The predicted octanol–water partition coefficient (Wildman–Crippen LogP) is 3.20. The first-order valence-corrected chi connectivity index (χ1v) is 9.61. The molecular weight excluding hydrogens is 457 g/mol. The van der Waals surface area contributed by atoms with E-state index in [1.165, 1.54) is 4.57 Å². The molecule has 3 rings (SSSR count). The molecule has 0 radical (unpaired) electrons. The smallest absolute Gasteiger partial charge is 0.262 e. The van der Waals surface area contributed by atoms with Gasteiger partial charge in [0.15, 0.2) is 0 Å². The van der Waals surface area contributed by atoms with Crippen molar-refractivity contribution in [2.75, 3.05) is 7.11 Å². The van der Waals surface area contributed by atoms with Gasteiger partial charge in [0, 0.05) is 15.2 Å². The van der Waals surface area contributed by atoms with Crippen molar-refractivity contribution in [1.82, 2.24) is 14.9 Å². The van der Waals surface area contributed by atoms with Gasteiger partial charge in [0.25, 0.3) is 5.56 Å². The number of ether oxygens (including phenoxy) is 1. The monoisotopic (exact) mass is 477 g/mol. The van der Waals surface area contributed by atoms with Gasteiger partial charge >= 0.3 is 0 Å². The van der Waals surface area contributed by atoms with Crippen LogP contribution in [-0.2, 0) is 11.3 Å². The molecule has 0 saturated carbocycles. The summed E-state index contributed by atoms with van der Waals surface area (Å²) in [7, 11) is 1.58. The third-order valence-corrected chi connectivity index (χ3v) is 4.67. The molecule has 7 heteroatoms. The fraction of sp³-hybridized carbons (Fsp3) is 0.250. The van der Waals surface area contributed by atoms with Crippen LogP contribution in [0, 0.1) is 3.57 Å². The molecule has 0 atom stereocenters. The molecule has 0 fully saturated rings. The van der Waals surface area contributed by atoms with Gasteiger partial charge in [0.05, 0.1) is 18.0 Å². The molecule has 140 valence electrons. The van der Waals surface area contributed by atoms with E-state index in [-0.39, 0.29) is 24.1 Å². The van der Waals surface area contributed by atoms with Gasteiger partial charge in [0.1, 0.15) is 18.1 Å². The van der Waals surface area contributed by atoms with E-state index in [4.69, 9.17) is 4.74 Å². The summed E-state index contributed by atoms with van der Waals surface area (Å²) in [6.45, 7) is 3.66. The second-order valence-corrected chi connectivity index (χ2v) is 7.69. The molecule has 1 aromatic heterocycles. The Morgan fingerprint density at radius 2 is 2.04 bits per heavy atom. The molecule has 0 saturated heterocycles. The van der Waals surface area contributed by atoms with E-state index >= 15 is 0 Å². The van der Waals surface area contributed by atoms with Gasteiger partial charge in [-0.3, -0.25) is 14.2 Å². The molecule has 3 aromatic rings. The molecule has 1 amide bonds. The minimum atomic E-state index is -0.241. The van der Waals surface area contributed by atoms with Crippen molar-refractivity contribution in [3.63, 3.8) is 0 Å². The van der Waals surface area contributed by atoms with Crippen LogP contribution in [0.4, 0.5) is 0 Å². The van der Waals surface area contributed by atoms with E-state index in [2.05, 4.69) is 32.9 Å². The van der Waals surface area contributed by atoms with Crippen LogP contribution in [0.5, 0.6) is 5.75 Å². The fourth-order valence-electron chi connectivity index (χ4n) is 2.83. The van der Waals surface area contributed by atoms with Crippen LogP contribution in [0.25, 0.3) is 22.3 Å². The molecule has 0 aliphatic heterocycles. The van der Waals surface area contributed by atoms with Crippen LogP contribution in [0.3, 0.4) is 0 Å². The second kappa shape index (κ2) is 8.08. The van der Waals surface area contributed by atoms with Crippen LogP contribution >= 0.6 is 22.6 Å². The van der Waals surface area contributed by atoms with Crippen LogP contribution in [0.1, 0.15) is 13.8 Å². The SMILES string of the molecule is COc1cccc(-c2nc3ccc(I)cc3c(=O)n2CC(=O)NC(C)C)c1. The Balaban J connectivity index is 2.23. The number of fused-ring (bicyclic) bond motifs is 1. The number of nitrogens with zero attached hydrogens (tertiary/aromatic N) is 2. The molecular formula is C20H20IN3O3. The van der Waals surface area contributed by atoms with Crippen molar-refractivity contribution in [1.29, 1.82) is 0 Å². The summed E-state index contributed by atoms with van der Waals surface area (Å²) >= 11 is 2.16. The summed E-state index contributed by atoms with van der Waals surface area (Å²) in [5, 5.41) is 3.32. The summed E-state index contributed by atoms with van der Waals surface area (Å²) in [4.78, 5) is 30.2. The minimum Gasteiger partial charge on any atom is -0.497 e. The Morgan fingerprint density at radius 1 is 1.26 bits per heavy atom. The lowest BCUT2D eigenvalue weighted by Crippen LogP contribution is -2.37. The van der Waals surface area contributed by atoms with E-state index in [1.807, 2.05) is 44.2 Å². The molecule has 1 N–H and O–H groups in total. The van der Waals surface area contributed by atoms with Gasteiger partial charge in [-0.2, -0.15) is 0 Å². The number of rotatable bonds is 5. The Morgan fingerprint density at radius 3 is 2.74 bits per heavy atom. The van der Waals surface area contributed by atoms with Crippen molar-refractivity contribution in [2.24, 2.45) is 0 Å². The first-order chi connectivity index (χ1) is 12.9. The summed E-state index contributed by atoms with van der Waals surface area (Å²) in [5.41, 5.74) is 1.07. The highest BCUT2D eigenvalue weighted by Gasteiger charge is 2.16. The molecule has 1 heterocycles. The van der Waals surface area contributed by atoms with Gasteiger partial charge in [-0.1, -0.05) is 12.1 Å². The molecule has 27 heavy (non-hydrogen) atoms. The van der Waals surface area contributed by atoms with E-state index in [1.54, 1.807) is 19.2 Å². The highest BCUT2D eigenvalue weighted by molar-refractivity contribution is 14.1. The van der Waals surface area contributed by atoms with Crippen LogP contribution in [-0.4, -0.2) is 28.6 Å². The van der Waals surface area contributed by atoms with Gasteiger partial charge in [-0.05, 0) is 66.8 Å². The van der Waals surface area contributed by atoms with Gasteiger partial charge < -0.3 is 10.1 Å². The number of benzene rings is 2. The maximum Gasteiger partial charge on any atom is 0.262 e. The Hall–Kier alpha value is -2.42. The van der Waals surface area contributed by atoms with Gasteiger partial charge in [-0.15, -0.1) is 0 Å². The minimum absolute atomic E-state index is 0.0113. The van der Waals surface area contributed by atoms with Crippen molar-refractivity contribution < 1.29 is 9.53 Å². The molecule has 2 aromatic carbocycles. The maximum absolute atomic E-state index is 13.2. The lowest BCUT2D eigenvalue weighted by Gasteiger charge is -2.15. The number of aromatic nitrogens is 2. The van der Waals surface area contributed by atoms with Crippen molar-refractivity contribution in [2.45, 2.75) is 26.4 Å². The quantitative estimate of drug-likeness (QED) is 0.573. The molecule has 6 nitrogen and oxygen atoms in total. The largest absolute Gasteiger partial charge is 0.497 e. The van der Waals surface area contributed by atoms with Crippen LogP contribution in [0.15, 0.2) is 47.3 Å². The number of carbonyl (C=O) groups excluding carboxylic acids is 1. The molecule has 0 aliphatic rings. The zero-order valence-corrected chi connectivity index (χ0v) is 17.5. The Labute approximate surface area is 170 Å². The number of nitrogens with one attached hydrogen (secondary N) is 1. The first kappa shape index (κ1) is 19.3. The average molecular weight is 477 g/mol. The molecule has 0 unspecified atom stereocenters. The molecule has 0 bridgehead atoms. The van der Waals surface area contributed by atoms with Gasteiger partial charge in [-0.25, -0.2) is 4.98 Å². The maximum atomic E-state index is 13.2. The third-order valence-electron chi connectivity index (χ3n) is 4.00. The number of hydrogen-bond acceptors (Lipinski definition) is 4. The normalized spacial score (nSPS) is 11.0. The van der Waals surface area contributed by atoms with E-state index < -0.39 is 0 Å². The summed E-state index contributed by atoms with van der Waals surface area (Å²) in [6.07, 6.45) is 0. The second-order valence-electron chi connectivity index (χ2n) is 6.44. The average Bonchev–Trinajstić information content (AvgIpc) is 2.63. The first-order valence-electron chi connectivity index (χ1n) is 8.53. The highest BCUT2D eigenvalue weighted by atomic mass is 127. The number of amides is 1. The number of halogens is 1. The number of methoxy groups -OCH3 is 1. The zero-order valence-electron chi connectivity index (χ0n) is 15.3. The summed E-state index contributed by atoms with van der Waals surface area (Å²) in [5.74, 6) is 0.858. The lowest BCUT2D eigenvalue weighted by atomic mass is 10.1. The Bertz CT molecular complexity index is 1060. The number of carbonyl (C=O) groups is 1.